The number of hydrogen-bond acceptors (Lipinski definition) is 3. The van der Waals surface area contributed by atoms with Crippen molar-refractivity contribution < 1.29 is 14.7 Å². The average Bonchev–Trinajstić information content (AvgIpc) is 2.80. The first kappa shape index (κ1) is 15.1. The van der Waals surface area contributed by atoms with Crippen molar-refractivity contribution in [1.82, 2.24) is 10.2 Å². The van der Waals surface area contributed by atoms with Crippen LogP contribution in [0.1, 0.15) is 28.8 Å². The molecule has 1 fully saturated rings. The second-order valence-corrected chi connectivity index (χ2v) is 4.90. The number of hydrogen-bond donors (Lipinski definition) is 2. The van der Waals surface area contributed by atoms with Crippen molar-refractivity contribution in [2.75, 3.05) is 20.2 Å². The first-order valence-electron chi connectivity index (χ1n) is 6.88. The maximum absolute atomic E-state index is 12.3. The maximum atomic E-state index is 12.3. The minimum absolute atomic E-state index is 0.00965. The van der Waals surface area contributed by atoms with Crippen molar-refractivity contribution in [2.24, 2.45) is 0 Å². The van der Waals surface area contributed by atoms with Crippen LogP contribution in [0.2, 0.25) is 0 Å². The van der Waals surface area contributed by atoms with Crippen molar-refractivity contribution in [3.8, 4) is 11.8 Å². The maximum Gasteiger partial charge on any atom is 0.253 e. The van der Waals surface area contributed by atoms with Crippen LogP contribution in [-0.4, -0.2) is 48.1 Å². The monoisotopic (exact) mass is 286 g/mol. The van der Waals surface area contributed by atoms with Crippen LogP contribution < -0.4 is 5.32 Å². The lowest BCUT2D eigenvalue weighted by atomic mass is 10.1. The zero-order valence-electron chi connectivity index (χ0n) is 11.9. The van der Waals surface area contributed by atoms with Crippen molar-refractivity contribution >= 4 is 11.8 Å². The van der Waals surface area contributed by atoms with Crippen LogP contribution in [-0.2, 0) is 4.79 Å². The first-order valence-corrected chi connectivity index (χ1v) is 6.88. The third-order valence-corrected chi connectivity index (χ3v) is 3.36. The molecule has 1 aromatic rings. The molecular formula is C16H18N2O3. The molecule has 1 aromatic carbocycles. The van der Waals surface area contributed by atoms with Gasteiger partial charge in [-0.1, -0.05) is 24.0 Å². The largest absolute Gasteiger partial charge is 0.395 e. The Morgan fingerprint density at radius 3 is 2.90 bits per heavy atom. The minimum atomic E-state index is -0.457. The molecule has 1 heterocycles. The lowest BCUT2D eigenvalue weighted by Crippen LogP contribution is -2.40. The molecule has 1 atom stereocenters. The summed E-state index contributed by atoms with van der Waals surface area (Å²) >= 11 is 0. The van der Waals surface area contributed by atoms with E-state index in [2.05, 4.69) is 17.2 Å². The predicted octanol–water partition coefficient (Wildman–Crippen LogP) is 0.381. The van der Waals surface area contributed by atoms with Gasteiger partial charge in [0, 0.05) is 25.6 Å². The Balaban J connectivity index is 2.13. The summed E-state index contributed by atoms with van der Waals surface area (Å²) in [5, 5.41) is 11.5. The zero-order chi connectivity index (χ0) is 15.2. The molecule has 0 bridgehead atoms. The third kappa shape index (κ3) is 3.61. The van der Waals surface area contributed by atoms with Gasteiger partial charge in [0.05, 0.1) is 12.2 Å². The van der Waals surface area contributed by atoms with Crippen LogP contribution in [0.15, 0.2) is 24.3 Å². The fourth-order valence-corrected chi connectivity index (χ4v) is 2.20. The summed E-state index contributed by atoms with van der Waals surface area (Å²) in [5.41, 5.74) is 1.05. The molecule has 2 amide bonds. The number of nitrogens with one attached hydrogen (secondary N) is 1. The van der Waals surface area contributed by atoms with Crippen LogP contribution in [0.3, 0.4) is 0 Å². The van der Waals surface area contributed by atoms with E-state index in [1.54, 1.807) is 36.2 Å². The number of benzene rings is 1. The van der Waals surface area contributed by atoms with Gasteiger partial charge >= 0.3 is 0 Å². The fourth-order valence-electron chi connectivity index (χ4n) is 2.20. The van der Waals surface area contributed by atoms with E-state index in [4.69, 9.17) is 5.11 Å². The predicted molar refractivity (Wildman–Crippen MR) is 78.5 cm³/mol. The highest BCUT2D eigenvalue weighted by molar-refractivity contribution is 5.99. The minimum Gasteiger partial charge on any atom is -0.395 e. The molecule has 1 saturated heterocycles. The molecule has 0 saturated carbocycles. The van der Waals surface area contributed by atoms with Crippen LogP contribution in [0, 0.1) is 11.8 Å². The number of likely N-dealkylation sites (tertiary alicyclic amines) is 1. The SMILES string of the molecule is CN1CCC(NC(=O)c2ccccc2C#CCCO)C1=O. The van der Waals surface area contributed by atoms with Crippen LogP contribution in [0.25, 0.3) is 0 Å². The summed E-state index contributed by atoms with van der Waals surface area (Å²) in [6, 6.07) is 6.53. The molecule has 2 rings (SSSR count). The molecule has 110 valence electrons. The second kappa shape index (κ2) is 6.91. The van der Waals surface area contributed by atoms with Crippen molar-refractivity contribution in [3.05, 3.63) is 35.4 Å². The van der Waals surface area contributed by atoms with E-state index in [0.717, 1.165) is 0 Å². The molecule has 0 aliphatic carbocycles. The van der Waals surface area contributed by atoms with Crippen LogP contribution in [0.5, 0.6) is 0 Å². The molecule has 1 aliphatic heterocycles. The van der Waals surface area contributed by atoms with Gasteiger partial charge in [-0.05, 0) is 18.6 Å². The number of rotatable bonds is 3. The molecule has 1 aliphatic rings. The van der Waals surface area contributed by atoms with E-state index in [9.17, 15) is 9.59 Å². The highest BCUT2D eigenvalue weighted by Crippen LogP contribution is 2.12. The second-order valence-electron chi connectivity index (χ2n) is 4.90. The van der Waals surface area contributed by atoms with Gasteiger partial charge in [0.15, 0.2) is 0 Å². The summed E-state index contributed by atoms with van der Waals surface area (Å²) < 4.78 is 0. The van der Waals surface area contributed by atoms with Crippen molar-refractivity contribution in [1.29, 1.82) is 0 Å². The standard InChI is InChI=1S/C16H18N2O3/c1-18-10-9-14(16(18)21)17-15(20)13-8-3-2-6-12(13)7-4-5-11-19/h2-3,6,8,14,19H,5,9-11H2,1H3,(H,17,20). The molecule has 0 spiro atoms. The summed E-state index contributed by atoms with van der Waals surface area (Å²) in [7, 11) is 1.73. The van der Waals surface area contributed by atoms with E-state index >= 15 is 0 Å². The van der Waals surface area contributed by atoms with Crippen LogP contribution >= 0.6 is 0 Å². The van der Waals surface area contributed by atoms with Gasteiger partial charge in [-0.15, -0.1) is 0 Å². The van der Waals surface area contributed by atoms with E-state index in [0.29, 0.717) is 30.5 Å². The summed E-state index contributed by atoms with van der Waals surface area (Å²) in [6.45, 7) is 0.645. The quantitative estimate of drug-likeness (QED) is 0.789. The summed E-state index contributed by atoms with van der Waals surface area (Å²) in [6.07, 6.45) is 0.987. The lowest BCUT2D eigenvalue weighted by Gasteiger charge is -2.13. The normalized spacial score (nSPS) is 17.3. The first-order chi connectivity index (χ1) is 10.1. The fraction of sp³-hybridized carbons (Fsp3) is 0.375. The molecule has 2 N–H and O–H groups in total. The Morgan fingerprint density at radius 1 is 1.48 bits per heavy atom. The van der Waals surface area contributed by atoms with Gasteiger partial charge in [-0.2, -0.15) is 0 Å². The van der Waals surface area contributed by atoms with Gasteiger partial charge in [0.25, 0.3) is 5.91 Å². The van der Waals surface area contributed by atoms with Gasteiger partial charge in [0.1, 0.15) is 6.04 Å². The third-order valence-electron chi connectivity index (χ3n) is 3.36. The average molecular weight is 286 g/mol. The molecular weight excluding hydrogens is 268 g/mol. The Hall–Kier alpha value is -2.32. The highest BCUT2D eigenvalue weighted by Gasteiger charge is 2.30. The highest BCUT2D eigenvalue weighted by atomic mass is 16.2. The van der Waals surface area contributed by atoms with E-state index < -0.39 is 6.04 Å². The number of nitrogens with zero attached hydrogens (tertiary/aromatic N) is 1. The smallest absolute Gasteiger partial charge is 0.253 e. The van der Waals surface area contributed by atoms with Gasteiger partial charge < -0.3 is 15.3 Å². The molecule has 0 aromatic heterocycles. The molecule has 1 unspecified atom stereocenters. The lowest BCUT2D eigenvalue weighted by molar-refractivity contribution is -0.128. The van der Waals surface area contributed by atoms with Gasteiger partial charge in [-0.3, -0.25) is 9.59 Å². The molecule has 0 radical (unpaired) electrons. The number of carbonyl (C=O) groups excluding carboxylic acids is 2. The van der Waals surface area contributed by atoms with E-state index in [1.165, 1.54) is 0 Å². The van der Waals surface area contributed by atoms with Gasteiger partial charge in [0.2, 0.25) is 5.91 Å². The number of aliphatic hydroxyl groups excluding tert-OH is 1. The summed E-state index contributed by atoms with van der Waals surface area (Å²) in [5.74, 6) is 5.32. The molecule has 5 nitrogen and oxygen atoms in total. The van der Waals surface area contributed by atoms with E-state index in [1.807, 2.05) is 0 Å². The van der Waals surface area contributed by atoms with E-state index in [-0.39, 0.29) is 18.4 Å². The van der Waals surface area contributed by atoms with Gasteiger partial charge in [-0.25, -0.2) is 0 Å². The number of carbonyl (C=O) groups is 2. The summed E-state index contributed by atoms with van der Waals surface area (Å²) in [4.78, 5) is 25.7. The Morgan fingerprint density at radius 2 is 2.24 bits per heavy atom. The van der Waals surface area contributed by atoms with Crippen LogP contribution in [0.4, 0.5) is 0 Å². The number of likely N-dealkylation sites (N-methyl/N-ethyl adjacent to an activating group) is 1. The molecule has 21 heavy (non-hydrogen) atoms. The zero-order valence-corrected chi connectivity index (χ0v) is 11.9. The van der Waals surface area contributed by atoms with Crippen molar-refractivity contribution in [3.63, 3.8) is 0 Å². The van der Waals surface area contributed by atoms with Crippen molar-refractivity contribution in [2.45, 2.75) is 18.9 Å². The Kier molecular flexibility index (Phi) is 4.96. The topological polar surface area (TPSA) is 69.6 Å². The Bertz CT molecular complexity index is 601. The molecule has 5 heteroatoms. The number of amides is 2. The Labute approximate surface area is 124 Å². The number of aliphatic hydroxyl groups is 1.